The molecule has 8 nitrogen and oxygen atoms in total. The predicted molar refractivity (Wildman–Crippen MR) is 95.2 cm³/mol. The number of amides is 3. The average Bonchev–Trinajstić information content (AvgIpc) is 3.28. The zero-order valence-electron chi connectivity index (χ0n) is 14.9. The Morgan fingerprint density at radius 3 is 2.85 bits per heavy atom. The van der Waals surface area contributed by atoms with Crippen molar-refractivity contribution in [2.75, 3.05) is 13.2 Å². The van der Waals surface area contributed by atoms with E-state index in [1.807, 2.05) is 25.1 Å². The molecular formula is C19H21N3O5. The largest absolute Gasteiger partial charge is 0.484 e. The lowest BCUT2D eigenvalue weighted by Gasteiger charge is -2.15. The number of hydrogen-bond acceptors (Lipinski definition) is 5. The first-order chi connectivity index (χ1) is 13.0. The molecule has 0 saturated carbocycles. The van der Waals surface area contributed by atoms with Crippen LogP contribution in [0.2, 0.25) is 0 Å². The van der Waals surface area contributed by atoms with Crippen molar-refractivity contribution in [1.82, 2.24) is 15.8 Å². The molecule has 1 aromatic heterocycles. The normalized spacial score (nSPS) is 16.3. The first kappa shape index (κ1) is 18.5. The van der Waals surface area contributed by atoms with Gasteiger partial charge in [0.2, 0.25) is 11.8 Å². The first-order valence-corrected chi connectivity index (χ1v) is 8.59. The van der Waals surface area contributed by atoms with Crippen molar-refractivity contribution >= 4 is 17.7 Å². The van der Waals surface area contributed by atoms with Crippen LogP contribution >= 0.6 is 0 Å². The smallest absolute Gasteiger partial charge is 0.276 e. The van der Waals surface area contributed by atoms with Gasteiger partial charge in [-0.3, -0.25) is 25.2 Å². The molecule has 1 aliphatic rings. The van der Waals surface area contributed by atoms with E-state index in [-0.39, 0.29) is 25.5 Å². The van der Waals surface area contributed by atoms with E-state index in [0.717, 1.165) is 5.56 Å². The molecular weight excluding hydrogens is 350 g/mol. The standard InChI is InChI=1S/C19H21N3O5/c1-13-4-2-5-15(8-13)27-12-17(23)20-21-19(25)14-9-18(24)22(10-14)11-16-6-3-7-26-16/h2-8,14H,9-12H2,1H3,(H,20,23)(H,21,25). The second kappa shape index (κ2) is 8.39. The van der Waals surface area contributed by atoms with Crippen LogP contribution in [0.15, 0.2) is 47.1 Å². The lowest BCUT2D eigenvalue weighted by molar-refractivity contribution is -0.132. The lowest BCUT2D eigenvalue weighted by atomic mass is 10.1. The van der Waals surface area contributed by atoms with Gasteiger partial charge in [-0.15, -0.1) is 0 Å². The van der Waals surface area contributed by atoms with Crippen molar-refractivity contribution in [3.63, 3.8) is 0 Å². The highest BCUT2D eigenvalue weighted by Crippen LogP contribution is 2.20. The highest BCUT2D eigenvalue weighted by atomic mass is 16.5. The third-order valence-corrected chi connectivity index (χ3v) is 4.20. The topological polar surface area (TPSA) is 101 Å². The van der Waals surface area contributed by atoms with E-state index in [1.54, 1.807) is 23.1 Å². The highest BCUT2D eigenvalue weighted by Gasteiger charge is 2.34. The van der Waals surface area contributed by atoms with Crippen molar-refractivity contribution in [2.24, 2.45) is 5.92 Å². The Kier molecular flexibility index (Phi) is 5.75. The number of carbonyl (C=O) groups is 3. The van der Waals surface area contributed by atoms with Crippen molar-refractivity contribution < 1.29 is 23.5 Å². The van der Waals surface area contributed by atoms with E-state index in [4.69, 9.17) is 9.15 Å². The Labute approximate surface area is 156 Å². The molecule has 1 fully saturated rings. The molecule has 2 aromatic rings. The van der Waals surface area contributed by atoms with E-state index < -0.39 is 17.7 Å². The summed E-state index contributed by atoms with van der Waals surface area (Å²) in [7, 11) is 0. The van der Waals surface area contributed by atoms with Crippen LogP contribution in [0, 0.1) is 12.8 Å². The number of hydrazine groups is 1. The van der Waals surface area contributed by atoms with Gasteiger partial charge in [0.05, 0.1) is 18.7 Å². The summed E-state index contributed by atoms with van der Waals surface area (Å²) in [5, 5.41) is 0. The van der Waals surface area contributed by atoms with Crippen LogP contribution in [-0.4, -0.2) is 35.8 Å². The monoisotopic (exact) mass is 371 g/mol. The minimum Gasteiger partial charge on any atom is -0.484 e. The summed E-state index contributed by atoms with van der Waals surface area (Å²) in [5.41, 5.74) is 5.68. The van der Waals surface area contributed by atoms with Gasteiger partial charge < -0.3 is 14.1 Å². The molecule has 1 atom stereocenters. The Bertz CT molecular complexity index is 819. The second-order valence-electron chi connectivity index (χ2n) is 6.40. The Hall–Kier alpha value is -3.29. The number of carbonyl (C=O) groups excluding carboxylic acids is 3. The van der Waals surface area contributed by atoms with Gasteiger partial charge in [0.15, 0.2) is 6.61 Å². The Balaban J connectivity index is 1.41. The fourth-order valence-electron chi connectivity index (χ4n) is 2.81. The van der Waals surface area contributed by atoms with Crippen LogP contribution in [0.25, 0.3) is 0 Å². The summed E-state index contributed by atoms with van der Waals surface area (Å²) in [6, 6.07) is 10.8. The maximum absolute atomic E-state index is 12.2. The number of benzene rings is 1. The maximum atomic E-state index is 12.2. The molecule has 1 saturated heterocycles. The predicted octanol–water partition coefficient (Wildman–Crippen LogP) is 1.16. The number of ether oxygens (including phenoxy) is 1. The molecule has 1 unspecified atom stereocenters. The van der Waals surface area contributed by atoms with Crippen LogP contribution < -0.4 is 15.6 Å². The summed E-state index contributed by atoms with van der Waals surface area (Å²) in [4.78, 5) is 37.6. The fraction of sp³-hybridized carbons (Fsp3) is 0.316. The Morgan fingerprint density at radius 2 is 2.11 bits per heavy atom. The van der Waals surface area contributed by atoms with Gasteiger partial charge in [0.25, 0.3) is 5.91 Å². The van der Waals surface area contributed by atoms with E-state index in [0.29, 0.717) is 18.1 Å². The first-order valence-electron chi connectivity index (χ1n) is 8.59. The lowest BCUT2D eigenvalue weighted by Crippen LogP contribution is -2.46. The Morgan fingerprint density at radius 1 is 1.26 bits per heavy atom. The third-order valence-electron chi connectivity index (χ3n) is 4.20. The number of furan rings is 1. The summed E-state index contributed by atoms with van der Waals surface area (Å²) >= 11 is 0. The van der Waals surface area contributed by atoms with Crippen LogP contribution in [0.3, 0.4) is 0 Å². The molecule has 8 heteroatoms. The third kappa shape index (κ3) is 5.10. The summed E-state index contributed by atoms with van der Waals surface area (Å²) in [6.45, 7) is 2.30. The SMILES string of the molecule is Cc1cccc(OCC(=O)NNC(=O)C2CC(=O)N(Cc3ccco3)C2)c1. The van der Waals surface area contributed by atoms with Gasteiger partial charge in [-0.05, 0) is 36.8 Å². The summed E-state index contributed by atoms with van der Waals surface area (Å²) < 4.78 is 10.6. The molecule has 0 bridgehead atoms. The number of likely N-dealkylation sites (tertiary alicyclic amines) is 1. The van der Waals surface area contributed by atoms with Gasteiger partial charge >= 0.3 is 0 Å². The molecule has 142 valence electrons. The van der Waals surface area contributed by atoms with E-state index in [2.05, 4.69) is 10.9 Å². The van der Waals surface area contributed by atoms with Gasteiger partial charge in [-0.2, -0.15) is 0 Å². The van der Waals surface area contributed by atoms with Crippen LogP contribution in [0.5, 0.6) is 5.75 Å². The quantitative estimate of drug-likeness (QED) is 0.742. The molecule has 1 aromatic carbocycles. The number of nitrogens with zero attached hydrogens (tertiary/aromatic N) is 1. The number of aryl methyl sites for hydroxylation is 1. The van der Waals surface area contributed by atoms with Crippen molar-refractivity contribution in [1.29, 1.82) is 0 Å². The van der Waals surface area contributed by atoms with E-state index in [9.17, 15) is 14.4 Å². The minimum absolute atomic E-state index is 0.0994. The van der Waals surface area contributed by atoms with Gasteiger partial charge in [-0.1, -0.05) is 12.1 Å². The van der Waals surface area contributed by atoms with Gasteiger partial charge in [-0.25, -0.2) is 0 Å². The van der Waals surface area contributed by atoms with Crippen molar-refractivity contribution in [2.45, 2.75) is 19.9 Å². The maximum Gasteiger partial charge on any atom is 0.276 e. The van der Waals surface area contributed by atoms with E-state index in [1.165, 1.54) is 6.26 Å². The minimum atomic E-state index is -0.523. The molecule has 3 amide bonds. The van der Waals surface area contributed by atoms with Gasteiger partial charge in [0.1, 0.15) is 11.5 Å². The van der Waals surface area contributed by atoms with Crippen LogP contribution in [0.1, 0.15) is 17.7 Å². The molecule has 0 radical (unpaired) electrons. The van der Waals surface area contributed by atoms with Gasteiger partial charge in [0, 0.05) is 13.0 Å². The molecule has 2 N–H and O–H groups in total. The van der Waals surface area contributed by atoms with Crippen molar-refractivity contribution in [3.05, 3.63) is 54.0 Å². The molecule has 27 heavy (non-hydrogen) atoms. The average molecular weight is 371 g/mol. The number of rotatable bonds is 6. The van der Waals surface area contributed by atoms with Crippen molar-refractivity contribution in [3.8, 4) is 5.75 Å². The zero-order chi connectivity index (χ0) is 19.2. The fourth-order valence-corrected chi connectivity index (χ4v) is 2.81. The second-order valence-corrected chi connectivity index (χ2v) is 6.40. The van der Waals surface area contributed by atoms with Crippen LogP contribution in [-0.2, 0) is 20.9 Å². The summed E-state index contributed by atoms with van der Waals surface area (Å²) in [6.07, 6.45) is 1.64. The highest BCUT2D eigenvalue weighted by molar-refractivity contribution is 5.90. The number of hydrogen-bond donors (Lipinski definition) is 2. The van der Waals surface area contributed by atoms with E-state index >= 15 is 0 Å². The summed E-state index contributed by atoms with van der Waals surface area (Å²) in [5.74, 6) is -0.306. The molecule has 3 rings (SSSR count). The molecule has 2 heterocycles. The van der Waals surface area contributed by atoms with Crippen LogP contribution in [0.4, 0.5) is 0 Å². The molecule has 1 aliphatic heterocycles. The molecule has 0 aliphatic carbocycles. The molecule has 0 spiro atoms. The number of nitrogens with one attached hydrogen (secondary N) is 2. The zero-order valence-corrected chi connectivity index (χ0v) is 14.9.